The molecule has 3 N–H and O–H groups in total. The Bertz CT molecular complexity index is 611. The van der Waals surface area contributed by atoms with Crippen LogP contribution in [0.25, 0.3) is 0 Å². The predicted octanol–water partition coefficient (Wildman–Crippen LogP) is 2.53. The van der Waals surface area contributed by atoms with E-state index in [1.165, 1.54) is 5.56 Å². The number of ether oxygens (including phenoxy) is 1. The van der Waals surface area contributed by atoms with Crippen LogP contribution in [0.4, 0.5) is 0 Å². The van der Waals surface area contributed by atoms with Crippen LogP contribution in [0, 0.1) is 0 Å². The molecule has 1 aromatic carbocycles. The lowest BCUT2D eigenvalue weighted by atomic mass is 9.80. The zero-order valence-electron chi connectivity index (χ0n) is 17.9. The number of hydrogen-bond acceptors (Lipinski definition) is 4. The van der Waals surface area contributed by atoms with Crippen LogP contribution in [0.1, 0.15) is 51.0 Å². The summed E-state index contributed by atoms with van der Waals surface area (Å²) >= 11 is 0. The van der Waals surface area contributed by atoms with Gasteiger partial charge in [-0.3, -0.25) is 9.89 Å². The summed E-state index contributed by atoms with van der Waals surface area (Å²) in [5.74, 6) is 0.794. The molecule has 0 radical (unpaired) electrons. The number of nitrogens with zero attached hydrogens (tertiary/aromatic N) is 2. The molecule has 1 aromatic rings. The van der Waals surface area contributed by atoms with Crippen molar-refractivity contribution in [3.8, 4) is 0 Å². The third kappa shape index (κ3) is 7.61. The maximum absolute atomic E-state index is 10.2. The van der Waals surface area contributed by atoms with Gasteiger partial charge in [0.25, 0.3) is 0 Å². The average molecular weight is 403 g/mol. The molecule has 1 aliphatic heterocycles. The Morgan fingerprint density at radius 1 is 1.21 bits per heavy atom. The number of guanidine groups is 1. The minimum atomic E-state index is -0.569. The van der Waals surface area contributed by atoms with E-state index in [1.54, 1.807) is 0 Å². The van der Waals surface area contributed by atoms with Crippen LogP contribution in [0.5, 0.6) is 0 Å². The van der Waals surface area contributed by atoms with Crippen molar-refractivity contribution < 1.29 is 9.84 Å². The first-order chi connectivity index (χ1) is 14.2. The fourth-order valence-corrected chi connectivity index (χ4v) is 3.92. The van der Waals surface area contributed by atoms with Gasteiger partial charge in [-0.25, -0.2) is 0 Å². The van der Waals surface area contributed by atoms with Crippen molar-refractivity contribution in [2.75, 3.05) is 39.3 Å². The van der Waals surface area contributed by atoms with Gasteiger partial charge in [-0.15, -0.1) is 0 Å². The van der Waals surface area contributed by atoms with Crippen molar-refractivity contribution >= 4 is 5.96 Å². The van der Waals surface area contributed by atoms with Crippen LogP contribution in [-0.2, 0) is 11.3 Å². The van der Waals surface area contributed by atoms with Crippen molar-refractivity contribution in [3.05, 3.63) is 35.9 Å². The lowest BCUT2D eigenvalue weighted by Crippen LogP contribution is -2.43. The Balaban J connectivity index is 1.26. The van der Waals surface area contributed by atoms with Gasteiger partial charge in [-0.2, -0.15) is 0 Å². The van der Waals surface area contributed by atoms with Gasteiger partial charge >= 0.3 is 0 Å². The average Bonchev–Trinajstić information content (AvgIpc) is 2.72. The van der Waals surface area contributed by atoms with Gasteiger partial charge in [-0.05, 0) is 51.0 Å². The zero-order chi connectivity index (χ0) is 20.4. The molecular weight excluding hydrogens is 364 g/mol. The molecule has 3 rings (SSSR count). The molecule has 6 nitrogen and oxygen atoms in total. The van der Waals surface area contributed by atoms with Crippen LogP contribution in [0.15, 0.2) is 35.3 Å². The minimum absolute atomic E-state index is 0.386. The molecule has 1 aliphatic carbocycles. The number of piperidine rings is 1. The lowest BCUT2D eigenvalue weighted by Gasteiger charge is -2.35. The van der Waals surface area contributed by atoms with Crippen LogP contribution in [0.2, 0.25) is 0 Å². The SMILES string of the molecule is CCNC(=NCC1(O)CCC1)NCCCOC1CCN(Cc2ccccc2)CC1. The number of hydrogen-bond donors (Lipinski definition) is 3. The van der Waals surface area contributed by atoms with Crippen LogP contribution >= 0.6 is 0 Å². The Hall–Kier alpha value is -1.63. The minimum Gasteiger partial charge on any atom is -0.388 e. The Kier molecular flexibility index (Phi) is 8.77. The summed E-state index contributed by atoms with van der Waals surface area (Å²) in [6.45, 7) is 8.23. The number of nitrogens with one attached hydrogen (secondary N) is 2. The summed E-state index contributed by atoms with van der Waals surface area (Å²) in [4.78, 5) is 7.06. The predicted molar refractivity (Wildman–Crippen MR) is 118 cm³/mol. The van der Waals surface area contributed by atoms with E-state index in [0.29, 0.717) is 12.6 Å². The monoisotopic (exact) mass is 402 g/mol. The van der Waals surface area contributed by atoms with Crippen LogP contribution < -0.4 is 10.6 Å². The first-order valence-electron chi connectivity index (χ1n) is 11.3. The fraction of sp³-hybridized carbons (Fsp3) is 0.696. The molecule has 0 aromatic heterocycles. The molecule has 0 atom stereocenters. The fourth-order valence-electron chi connectivity index (χ4n) is 3.92. The highest BCUT2D eigenvalue weighted by Gasteiger charge is 2.34. The molecule has 29 heavy (non-hydrogen) atoms. The van der Waals surface area contributed by atoms with Gasteiger partial charge in [0.2, 0.25) is 0 Å². The topological polar surface area (TPSA) is 69.1 Å². The zero-order valence-corrected chi connectivity index (χ0v) is 17.9. The number of aliphatic imine (C=N–C) groups is 1. The normalized spacial score (nSPS) is 20.3. The molecule has 0 bridgehead atoms. The number of aliphatic hydroxyl groups is 1. The summed E-state index contributed by atoms with van der Waals surface area (Å²) in [7, 11) is 0. The molecule has 0 unspecified atom stereocenters. The van der Waals surface area contributed by atoms with Gasteiger partial charge < -0.3 is 20.5 Å². The van der Waals surface area contributed by atoms with Crippen LogP contribution in [-0.4, -0.2) is 67.0 Å². The largest absolute Gasteiger partial charge is 0.388 e. The van der Waals surface area contributed by atoms with Crippen molar-refractivity contribution in [3.63, 3.8) is 0 Å². The highest BCUT2D eigenvalue weighted by molar-refractivity contribution is 5.79. The van der Waals surface area contributed by atoms with E-state index in [1.807, 2.05) is 0 Å². The van der Waals surface area contributed by atoms with Crippen molar-refractivity contribution in [2.45, 2.75) is 63.7 Å². The first-order valence-corrected chi connectivity index (χ1v) is 11.3. The summed E-state index contributed by atoms with van der Waals surface area (Å²) in [5, 5.41) is 16.8. The molecule has 1 saturated carbocycles. The summed E-state index contributed by atoms with van der Waals surface area (Å²) in [6.07, 6.45) is 6.42. The van der Waals surface area contributed by atoms with E-state index in [-0.39, 0.29) is 0 Å². The van der Waals surface area contributed by atoms with E-state index in [0.717, 1.165) is 83.8 Å². The van der Waals surface area contributed by atoms with Gasteiger partial charge in [0.05, 0.1) is 18.2 Å². The quantitative estimate of drug-likeness (QED) is 0.319. The molecule has 162 valence electrons. The standard InChI is InChI=1S/C23H38N4O2/c1-2-24-22(26-19-23(28)12-6-13-23)25-14-7-17-29-21-10-15-27(16-11-21)18-20-8-4-3-5-9-20/h3-5,8-9,21,28H,2,6-7,10-19H2,1H3,(H2,24,25,26). The van der Waals surface area contributed by atoms with E-state index < -0.39 is 5.60 Å². The number of likely N-dealkylation sites (tertiary alicyclic amines) is 1. The smallest absolute Gasteiger partial charge is 0.191 e. The molecule has 6 heteroatoms. The lowest BCUT2D eigenvalue weighted by molar-refractivity contribution is -0.0236. The summed E-state index contributed by atoms with van der Waals surface area (Å²) in [5.41, 5.74) is 0.821. The van der Waals surface area contributed by atoms with E-state index in [4.69, 9.17) is 4.74 Å². The second-order valence-corrected chi connectivity index (χ2v) is 8.39. The van der Waals surface area contributed by atoms with Gasteiger partial charge in [0, 0.05) is 39.3 Å². The molecule has 2 aliphatic rings. The highest BCUT2D eigenvalue weighted by atomic mass is 16.5. The Morgan fingerprint density at radius 2 is 1.97 bits per heavy atom. The maximum atomic E-state index is 10.2. The number of rotatable bonds is 10. The molecule has 2 fully saturated rings. The van der Waals surface area contributed by atoms with Crippen molar-refractivity contribution in [1.82, 2.24) is 15.5 Å². The van der Waals surface area contributed by atoms with Gasteiger partial charge in [0.1, 0.15) is 0 Å². The van der Waals surface area contributed by atoms with E-state index >= 15 is 0 Å². The Labute approximate surface area is 175 Å². The van der Waals surface area contributed by atoms with E-state index in [2.05, 4.69) is 57.8 Å². The van der Waals surface area contributed by atoms with Gasteiger partial charge in [0.15, 0.2) is 5.96 Å². The second kappa shape index (κ2) is 11.5. The highest BCUT2D eigenvalue weighted by Crippen LogP contribution is 2.31. The summed E-state index contributed by atoms with van der Waals surface area (Å²) in [6, 6.07) is 10.7. The maximum Gasteiger partial charge on any atom is 0.191 e. The third-order valence-corrected chi connectivity index (χ3v) is 5.91. The first kappa shape index (κ1) is 22.1. The molecule has 0 spiro atoms. The van der Waals surface area contributed by atoms with Crippen molar-refractivity contribution in [1.29, 1.82) is 0 Å². The van der Waals surface area contributed by atoms with E-state index in [9.17, 15) is 5.11 Å². The van der Waals surface area contributed by atoms with Crippen molar-refractivity contribution in [2.24, 2.45) is 4.99 Å². The van der Waals surface area contributed by atoms with Gasteiger partial charge in [-0.1, -0.05) is 30.3 Å². The van der Waals surface area contributed by atoms with Crippen LogP contribution in [0.3, 0.4) is 0 Å². The molecular formula is C23H38N4O2. The molecule has 1 heterocycles. The third-order valence-electron chi connectivity index (χ3n) is 5.91. The Morgan fingerprint density at radius 3 is 2.62 bits per heavy atom. The second-order valence-electron chi connectivity index (χ2n) is 8.39. The molecule has 1 saturated heterocycles. The number of benzene rings is 1. The summed E-state index contributed by atoms with van der Waals surface area (Å²) < 4.78 is 6.10. The molecule has 0 amide bonds.